The molecule has 1 aliphatic carbocycles. The van der Waals surface area contributed by atoms with Crippen molar-refractivity contribution in [1.82, 2.24) is 4.90 Å². The predicted molar refractivity (Wildman–Crippen MR) is 49.7 cm³/mol. The van der Waals surface area contributed by atoms with E-state index in [1.54, 1.807) is 11.8 Å². The van der Waals surface area contributed by atoms with Gasteiger partial charge in [-0.3, -0.25) is 0 Å². The van der Waals surface area contributed by atoms with Crippen molar-refractivity contribution < 1.29 is 14.6 Å². The van der Waals surface area contributed by atoms with Crippen molar-refractivity contribution in [1.29, 1.82) is 0 Å². The Bertz CT molecular complexity index is 229. The van der Waals surface area contributed by atoms with E-state index < -0.39 is 6.10 Å². The van der Waals surface area contributed by atoms with E-state index in [1.165, 1.54) is 0 Å². The summed E-state index contributed by atoms with van der Waals surface area (Å²) in [5.41, 5.74) is 0. The highest BCUT2D eigenvalue weighted by Gasteiger charge is 2.60. The fraction of sp³-hybridized carbons (Fsp3) is 0.875. The van der Waals surface area contributed by atoms with E-state index in [9.17, 15) is 9.90 Å². The van der Waals surface area contributed by atoms with E-state index in [0.717, 1.165) is 0 Å². The van der Waals surface area contributed by atoms with Gasteiger partial charge in [-0.1, -0.05) is 15.9 Å². The van der Waals surface area contributed by atoms with Gasteiger partial charge in [-0.25, -0.2) is 4.79 Å². The van der Waals surface area contributed by atoms with Gasteiger partial charge >= 0.3 is 6.09 Å². The van der Waals surface area contributed by atoms with Crippen LogP contribution in [0.15, 0.2) is 0 Å². The zero-order chi connectivity index (χ0) is 9.59. The van der Waals surface area contributed by atoms with Crippen molar-refractivity contribution in [3.8, 4) is 0 Å². The fourth-order valence-electron chi connectivity index (χ4n) is 1.98. The standard InChI is InChI=1S/C8H12BrNO3/c1-2-13-8(12)10-3-4-5(9)7(11)6(4)10/h4-7,11H,2-3H2,1H3/t4-,5+,6-,7-/m1/s1. The SMILES string of the molecule is CCOC(=O)N1C[C@@H]2[C@H](Br)[C@@H](O)[C@@H]21. The number of carbonyl (C=O) groups is 1. The van der Waals surface area contributed by atoms with Crippen LogP contribution in [0.4, 0.5) is 4.79 Å². The third-order valence-electron chi connectivity index (χ3n) is 2.79. The van der Waals surface area contributed by atoms with E-state index in [4.69, 9.17) is 4.74 Å². The molecule has 1 N–H and O–H groups in total. The van der Waals surface area contributed by atoms with Gasteiger partial charge in [0.15, 0.2) is 0 Å². The largest absolute Gasteiger partial charge is 0.450 e. The molecule has 2 aliphatic rings. The topological polar surface area (TPSA) is 49.8 Å². The second-order valence-corrected chi connectivity index (χ2v) is 4.50. The molecule has 0 aromatic heterocycles. The normalized spacial score (nSPS) is 41.6. The predicted octanol–water partition coefficient (Wildman–Crippen LogP) is 0.581. The molecule has 0 radical (unpaired) electrons. The Hall–Kier alpha value is -0.290. The Morgan fingerprint density at radius 3 is 3.00 bits per heavy atom. The molecule has 4 nitrogen and oxygen atoms in total. The van der Waals surface area contributed by atoms with Crippen LogP contribution in [0.1, 0.15) is 6.92 Å². The summed E-state index contributed by atoms with van der Waals surface area (Å²) in [5, 5.41) is 9.50. The van der Waals surface area contributed by atoms with Gasteiger partial charge in [0.25, 0.3) is 0 Å². The van der Waals surface area contributed by atoms with Crippen molar-refractivity contribution in [3.05, 3.63) is 0 Å². The number of carbonyl (C=O) groups excluding carboxylic acids is 1. The Balaban J connectivity index is 1.90. The first-order chi connectivity index (χ1) is 6.16. The molecule has 74 valence electrons. The molecule has 1 saturated heterocycles. The van der Waals surface area contributed by atoms with Crippen molar-refractivity contribution in [2.24, 2.45) is 5.92 Å². The number of aliphatic hydroxyl groups is 1. The monoisotopic (exact) mass is 249 g/mol. The fourth-order valence-corrected chi connectivity index (χ4v) is 2.77. The summed E-state index contributed by atoms with van der Waals surface area (Å²) in [6, 6.07) is -0.0107. The average molecular weight is 250 g/mol. The summed E-state index contributed by atoms with van der Waals surface area (Å²) in [6.07, 6.45) is -0.731. The van der Waals surface area contributed by atoms with Crippen LogP contribution in [0.5, 0.6) is 0 Å². The van der Waals surface area contributed by atoms with Crippen LogP contribution in [-0.4, -0.2) is 46.2 Å². The summed E-state index contributed by atoms with van der Waals surface area (Å²) in [7, 11) is 0. The first kappa shape index (κ1) is 9.27. The number of piperidine rings is 1. The van der Waals surface area contributed by atoms with Gasteiger partial charge in [0.05, 0.1) is 18.8 Å². The van der Waals surface area contributed by atoms with Crippen molar-refractivity contribution in [3.63, 3.8) is 0 Å². The minimum atomic E-state index is -0.428. The number of hydrogen-bond donors (Lipinski definition) is 1. The summed E-state index contributed by atoms with van der Waals surface area (Å²) in [6.45, 7) is 2.87. The number of aliphatic hydroxyl groups excluding tert-OH is 1. The first-order valence-electron chi connectivity index (χ1n) is 4.42. The van der Waals surface area contributed by atoms with Gasteiger partial charge in [-0.05, 0) is 6.92 Å². The summed E-state index contributed by atoms with van der Waals surface area (Å²) in [5.74, 6) is 0.416. The quantitative estimate of drug-likeness (QED) is 0.692. The summed E-state index contributed by atoms with van der Waals surface area (Å²) in [4.78, 5) is 13.0. The highest BCUT2D eigenvalue weighted by Crippen LogP contribution is 2.46. The lowest BCUT2D eigenvalue weighted by Gasteiger charge is -2.60. The van der Waals surface area contributed by atoms with Crippen LogP contribution >= 0.6 is 15.9 Å². The van der Waals surface area contributed by atoms with Gasteiger partial charge in [0, 0.05) is 17.3 Å². The number of nitrogens with zero attached hydrogens (tertiary/aromatic N) is 1. The lowest BCUT2D eigenvalue weighted by Crippen LogP contribution is -2.76. The van der Waals surface area contributed by atoms with Gasteiger partial charge in [0.1, 0.15) is 0 Å². The molecular weight excluding hydrogens is 238 g/mol. The minimum Gasteiger partial charge on any atom is -0.450 e. The lowest BCUT2D eigenvalue weighted by atomic mass is 9.69. The molecule has 13 heavy (non-hydrogen) atoms. The minimum absolute atomic E-state index is 0.0107. The molecule has 5 heteroatoms. The van der Waals surface area contributed by atoms with Crippen molar-refractivity contribution in [2.45, 2.75) is 23.9 Å². The Labute approximate surface area is 85.0 Å². The van der Waals surface area contributed by atoms with Crippen molar-refractivity contribution in [2.75, 3.05) is 13.2 Å². The second-order valence-electron chi connectivity index (χ2n) is 3.44. The average Bonchev–Trinajstić information content (AvgIpc) is 2.03. The van der Waals surface area contributed by atoms with Gasteiger partial charge < -0.3 is 14.7 Å². The number of amides is 1. The number of halogens is 1. The third-order valence-corrected chi connectivity index (χ3v) is 4.01. The third kappa shape index (κ3) is 1.17. The maximum Gasteiger partial charge on any atom is 0.410 e. The van der Waals surface area contributed by atoms with E-state index in [0.29, 0.717) is 19.1 Å². The van der Waals surface area contributed by atoms with Crippen LogP contribution in [0.2, 0.25) is 0 Å². The molecule has 1 aliphatic heterocycles. The Morgan fingerprint density at radius 2 is 2.46 bits per heavy atom. The van der Waals surface area contributed by atoms with Crippen molar-refractivity contribution >= 4 is 22.0 Å². The number of hydrogen-bond acceptors (Lipinski definition) is 3. The van der Waals surface area contributed by atoms with Crippen LogP contribution in [0.25, 0.3) is 0 Å². The van der Waals surface area contributed by atoms with Gasteiger partial charge in [-0.2, -0.15) is 0 Å². The number of rotatable bonds is 1. The summed E-state index contributed by atoms with van der Waals surface area (Å²) < 4.78 is 4.84. The number of ether oxygens (including phenoxy) is 1. The van der Waals surface area contributed by atoms with E-state index >= 15 is 0 Å². The van der Waals surface area contributed by atoms with Gasteiger partial charge in [-0.15, -0.1) is 0 Å². The van der Waals surface area contributed by atoms with E-state index in [2.05, 4.69) is 15.9 Å². The maximum atomic E-state index is 11.2. The molecule has 2 rings (SSSR count). The lowest BCUT2D eigenvalue weighted by molar-refractivity contribution is -0.128. The molecular formula is C8H12BrNO3. The van der Waals surface area contributed by atoms with Crippen LogP contribution < -0.4 is 0 Å². The van der Waals surface area contributed by atoms with Crippen LogP contribution in [0.3, 0.4) is 0 Å². The van der Waals surface area contributed by atoms with Gasteiger partial charge in [0.2, 0.25) is 0 Å². The smallest absolute Gasteiger partial charge is 0.410 e. The molecule has 0 aromatic rings. The van der Waals surface area contributed by atoms with E-state index in [-0.39, 0.29) is 17.0 Å². The second kappa shape index (κ2) is 3.13. The molecule has 4 atom stereocenters. The number of fused-ring (bicyclic) bond motifs is 1. The number of alkyl halides is 1. The molecule has 2 fully saturated rings. The Kier molecular flexibility index (Phi) is 2.23. The highest BCUT2D eigenvalue weighted by atomic mass is 79.9. The molecule has 0 spiro atoms. The molecule has 1 amide bonds. The number of likely N-dealkylation sites (tertiary alicyclic amines) is 1. The molecule has 1 saturated carbocycles. The van der Waals surface area contributed by atoms with E-state index in [1.807, 2.05) is 0 Å². The van der Waals surface area contributed by atoms with Crippen LogP contribution in [-0.2, 0) is 4.74 Å². The zero-order valence-corrected chi connectivity index (χ0v) is 8.90. The molecule has 1 heterocycles. The molecule has 0 aromatic carbocycles. The van der Waals surface area contributed by atoms with Crippen LogP contribution in [0, 0.1) is 5.92 Å². The zero-order valence-electron chi connectivity index (χ0n) is 7.31. The first-order valence-corrected chi connectivity index (χ1v) is 5.34. The highest BCUT2D eigenvalue weighted by molar-refractivity contribution is 9.09. The maximum absolute atomic E-state index is 11.2. The molecule has 0 bridgehead atoms. The summed E-state index contributed by atoms with van der Waals surface area (Å²) >= 11 is 3.37. The molecule has 0 unspecified atom stereocenters. The Morgan fingerprint density at radius 1 is 1.77 bits per heavy atom.